The Kier molecular flexibility index (Phi) is 5.55. The standard InChI is InChI=1S/C25H38O6/c1-14-7-9-23(3)16(11-14)5-6-17-19(23)12-15(2)24(4)18(8-10-25(17,24)30)20(26)13-31-22(29)21(27)28/h14-19,30H,5-13H2,1-4H3,(H,27,28)/t14-,15+,16+,17?,18+,19?,23-,24+,25-/m0/s1. The molecule has 0 spiro atoms. The first-order valence-corrected chi connectivity index (χ1v) is 12.1. The lowest BCUT2D eigenvalue weighted by molar-refractivity contribution is -0.227. The van der Waals surface area contributed by atoms with E-state index in [9.17, 15) is 19.5 Å². The highest BCUT2D eigenvalue weighted by Crippen LogP contribution is 2.70. The third kappa shape index (κ3) is 3.19. The van der Waals surface area contributed by atoms with Gasteiger partial charge in [0.1, 0.15) is 0 Å². The number of aliphatic carboxylic acids is 1. The summed E-state index contributed by atoms with van der Waals surface area (Å²) < 4.78 is 4.70. The van der Waals surface area contributed by atoms with E-state index in [4.69, 9.17) is 9.84 Å². The van der Waals surface area contributed by atoms with Crippen LogP contribution in [0.4, 0.5) is 0 Å². The molecule has 4 saturated carbocycles. The summed E-state index contributed by atoms with van der Waals surface area (Å²) in [6, 6.07) is 0. The van der Waals surface area contributed by atoms with Crippen LogP contribution in [0.2, 0.25) is 0 Å². The number of rotatable bonds is 3. The van der Waals surface area contributed by atoms with Gasteiger partial charge in [0.25, 0.3) is 0 Å². The number of carbonyl (C=O) groups excluding carboxylic acids is 2. The smallest absolute Gasteiger partial charge is 0.417 e. The Hall–Kier alpha value is -1.43. The summed E-state index contributed by atoms with van der Waals surface area (Å²) in [6.07, 6.45) is 8.14. The zero-order valence-electron chi connectivity index (χ0n) is 19.4. The van der Waals surface area contributed by atoms with Crippen molar-refractivity contribution in [3.8, 4) is 0 Å². The minimum atomic E-state index is -1.69. The number of carboxylic acids is 1. The normalized spacial score (nSPS) is 48.8. The highest BCUT2D eigenvalue weighted by atomic mass is 16.6. The number of fused-ring (bicyclic) bond motifs is 5. The third-order valence-corrected chi connectivity index (χ3v) is 10.6. The number of aliphatic hydroxyl groups is 1. The van der Waals surface area contributed by atoms with Crippen molar-refractivity contribution in [3.63, 3.8) is 0 Å². The molecule has 6 nitrogen and oxygen atoms in total. The fourth-order valence-electron chi connectivity index (χ4n) is 8.63. The summed E-state index contributed by atoms with van der Waals surface area (Å²) in [5.41, 5.74) is -1.21. The topological polar surface area (TPSA) is 101 Å². The van der Waals surface area contributed by atoms with E-state index in [0.717, 1.165) is 31.1 Å². The highest BCUT2D eigenvalue weighted by molar-refractivity contribution is 6.28. The van der Waals surface area contributed by atoms with Gasteiger partial charge in [0.05, 0.1) is 5.60 Å². The lowest BCUT2D eigenvalue weighted by atomic mass is 9.41. The van der Waals surface area contributed by atoms with Crippen molar-refractivity contribution in [2.75, 3.05) is 6.61 Å². The molecule has 4 aliphatic rings. The van der Waals surface area contributed by atoms with Gasteiger partial charge in [0.2, 0.25) is 0 Å². The SMILES string of the molecule is C[C@H]1CC[C@]2(C)C3C[C@@H](C)[C@]4(C)[C@@H](C(=O)COC(=O)C(=O)O)CC[C@]4(O)C3CC[C@@H]2C1. The first kappa shape index (κ1) is 22.8. The van der Waals surface area contributed by atoms with Crippen molar-refractivity contribution in [2.24, 2.45) is 46.3 Å². The summed E-state index contributed by atoms with van der Waals surface area (Å²) in [6.45, 7) is 8.53. The largest absolute Gasteiger partial charge is 0.473 e. The maximum absolute atomic E-state index is 13.0. The Morgan fingerprint density at radius 1 is 0.968 bits per heavy atom. The molecule has 9 atom stereocenters. The number of carbonyl (C=O) groups is 3. The number of carboxylic acid groups (broad SMARTS) is 1. The molecule has 0 heterocycles. The molecule has 174 valence electrons. The van der Waals surface area contributed by atoms with Crippen LogP contribution in [-0.2, 0) is 19.1 Å². The molecule has 0 aromatic heterocycles. The number of hydrogen-bond acceptors (Lipinski definition) is 5. The van der Waals surface area contributed by atoms with E-state index in [1.165, 1.54) is 19.3 Å². The summed E-state index contributed by atoms with van der Waals surface area (Å²) in [5.74, 6) is -1.41. The minimum Gasteiger partial charge on any atom is -0.473 e. The van der Waals surface area contributed by atoms with Gasteiger partial charge in [-0.15, -0.1) is 0 Å². The van der Waals surface area contributed by atoms with Crippen LogP contribution >= 0.6 is 0 Å². The van der Waals surface area contributed by atoms with Gasteiger partial charge in [-0.05, 0) is 80.0 Å². The van der Waals surface area contributed by atoms with Gasteiger partial charge in [-0.3, -0.25) is 4.79 Å². The van der Waals surface area contributed by atoms with Gasteiger partial charge in [0.15, 0.2) is 12.4 Å². The lowest BCUT2D eigenvalue weighted by Crippen LogP contribution is -2.65. The number of esters is 1. The van der Waals surface area contributed by atoms with Gasteiger partial charge in [-0.25, -0.2) is 9.59 Å². The molecular formula is C25H38O6. The molecule has 0 aromatic carbocycles. The Morgan fingerprint density at radius 2 is 1.68 bits per heavy atom. The second-order valence-electron chi connectivity index (χ2n) is 11.7. The first-order valence-electron chi connectivity index (χ1n) is 12.1. The van der Waals surface area contributed by atoms with E-state index in [1.54, 1.807) is 0 Å². The number of hydrogen-bond donors (Lipinski definition) is 2. The van der Waals surface area contributed by atoms with E-state index in [2.05, 4.69) is 27.7 Å². The highest BCUT2D eigenvalue weighted by Gasteiger charge is 2.70. The molecule has 0 saturated heterocycles. The second kappa shape index (κ2) is 7.57. The zero-order valence-corrected chi connectivity index (χ0v) is 19.4. The van der Waals surface area contributed by atoms with Crippen LogP contribution in [0.3, 0.4) is 0 Å². The predicted molar refractivity (Wildman–Crippen MR) is 114 cm³/mol. The average molecular weight is 435 g/mol. The van der Waals surface area contributed by atoms with Crippen LogP contribution in [-0.4, -0.2) is 40.1 Å². The molecule has 4 fully saturated rings. The number of ether oxygens (including phenoxy) is 1. The average Bonchev–Trinajstić information content (AvgIpc) is 3.00. The van der Waals surface area contributed by atoms with Crippen molar-refractivity contribution >= 4 is 17.7 Å². The molecule has 0 aromatic rings. The van der Waals surface area contributed by atoms with Gasteiger partial charge < -0.3 is 14.9 Å². The Labute approximate surface area is 185 Å². The van der Waals surface area contributed by atoms with Crippen LogP contribution in [0.1, 0.15) is 79.1 Å². The maximum atomic E-state index is 13.0. The molecule has 0 radical (unpaired) electrons. The lowest BCUT2D eigenvalue weighted by Gasteiger charge is -2.65. The first-order chi connectivity index (χ1) is 14.4. The molecule has 0 amide bonds. The molecule has 0 bridgehead atoms. The Balaban J connectivity index is 1.59. The van der Waals surface area contributed by atoms with Crippen LogP contribution < -0.4 is 0 Å². The van der Waals surface area contributed by atoms with E-state index in [1.807, 2.05) is 0 Å². The summed E-state index contributed by atoms with van der Waals surface area (Å²) >= 11 is 0. The fourth-order valence-corrected chi connectivity index (χ4v) is 8.63. The Morgan fingerprint density at radius 3 is 2.35 bits per heavy atom. The molecule has 31 heavy (non-hydrogen) atoms. The van der Waals surface area contributed by atoms with Crippen molar-refractivity contribution in [3.05, 3.63) is 0 Å². The monoisotopic (exact) mass is 434 g/mol. The fraction of sp³-hybridized carbons (Fsp3) is 0.880. The Bertz CT molecular complexity index is 778. The third-order valence-electron chi connectivity index (χ3n) is 10.6. The van der Waals surface area contributed by atoms with E-state index < -0.39 is 35.5 Å². The van der Waals surface area contributed by atoms with E-state index >= 15 is 0 Å². The van der Waals surface area contributed by atoms with Crippen molar-refractivity contribution in [1.29, 1.82) is 0 Å². The summed E-state index contributed by atoms with van der Waals surface area (Å²) in [5, 5.41) is 20.9. The molecule has 4 aliphatic carbocycles. The summed E-state index contributed by atoms with van der Waals surface area (Å²) in [4.78, 5) is 35.1. The van der Waals surface area contributed by atoms with Crippen LogP contribution in [0.15, 0.2) is 0 Å². The maximum Gasteiger partial charge on any atom is 0.417 e. The van der Waals surface area contributed by atoms with Crippen molar-refractivity contribution < 1.29 is 29.3 Å². The summed E-state index contributed by atoms with van der Waals surface area (Å²) in [7, 11) is 0. The van der Waals surface area contributed by atoms with Crippen molar-refractivity contribution in [2.45, 2.75) is 84.7 Å². The van der Waals surface area contributed by atoms with Gasteiger partial charge in [-0.2, -0.15) is 0 Å². The van der Waals surface area contributed by atoms with Crippen LogP contribution in [0, 0.1) is 46.3 Å². The molecule has 0 aliphatic heterocycles. The molecular weight excluding hydrogens is 396 g/mol. The number of Topliss-reactive ketones (excluding diaryl/α,β-unsaturated/α-hetero) is 1. The van der Waals surface area contributed by atoms with Crippen molar-refractivity contribution in [1.82, 2.24) is 0 Å². The molecule has 2 unspecified atom stereocenters. The predicted octanol–water partition coefficient (Wildman–Crippen LogP) is 3.84. The number of ketones is 1. The van der Waals surface area contributed by atoms with E-state index in [-0.39, 0.29) is 23.0 Å². The molecule has 6 heteroatoms. The second-order valence-corrected chi connectivity index (χ2v) is 11.7. The quantitative estimate of drug-likeness (QED) is 0.517. The van der Waals surface area contributed by atoms with Gasteiger partial charge in [-0.1, -0.05) is 34.1 Å². The van der Waals surface area contributed by atoms with Crippen LogP contribution in [0.5, 0.6) is 0 Å². The molecule has 4 rings (SSSR count). The van der Waals surface area contributed by atoms with E-state index in [0.29, 0.717) is 18.8 Å². The molecule has 2 N–H and O–H groups in total. The minimum absolute atomic E-state index is 0.167. The zero-order chi connectivity index (χ0) is 22.8. The van der Waals surface area contributed by atoms with Crippen LogP contribution in [0.25, 0.3) is 0 Å². The van der Waals surface area contributed by atoms with Gasteiger partial charge >= 0.3 is 11.9 Å². The van der Waals surface area contributed by atoms with Gasteiger partial charge in [0, 0.05) is 11.3 Å².